The smallest absolute Gasteiger partial charge is 0.0462 e. The Balaban J connectivity index is 2.19. The average Bonchev–Trinajstić information content (AvgIpc) is 2.19. The number of hydrogen-bond donors (Lipinski definition) is 1. The van der Waals surface area contributed by atoms with Crippen LogP contribution in [-0.2, 0) is 4.74 Å². The van der Waals surface area contributed by atoms with Gasteiger partial charge in [-0.2, -0.15) is 0 Å². The summed E-state index contributed by atoms with van der Waals surface area (Å²) in [6.07, 6.45) is 8.17. The van der Waals surface area contributed by atoms with Crippen LogP contribution in [0.3, 0.4) is 0 Å². The lowest BCUT2D eigenvalue weighted by atomic mass is 9.82. The normalized spacial score (nSPS) is 29.1. The van der Waals surface area contributed by atoms with Gasteiger partial charge in [0.15, 0.2) is 0 Å². The first-order valence-electron chi connectivity index (χ1n) is 5.54. The molecule has 0 bridgehead atoms. The maximum Gasteiger partial charge on any atom is 0.0462 e. The molecule has 2 nitrogen and oxygen atoms in total. The van der Waals surface area contributed by atoms with Crippen molar-refractivity contribution in [2.24, 2.45) is 5.92 Å². The monoisotopic (exact) mass is 185 g/mol. The molecule has 2 unspecified atom stereocenters. The van der Waals surface area contributed by atoms with Crippen molar-refractivity contribution in [3.8, 4) is 0 Å². The second-order valence-corrected chi connectivity index (χ2v) is 4.07. The van der Waals surface area contributed by atoms with Gasteiger partial charge < -0.3 is 10.1 Å². The van der Waals surface area contributed by atoms with Gasteiger partial charge in [-0.15, -0.1) is 0 Å². The Morgan fingerprint density at radius 3 is 2.77 bits per heavy atom. The molecule has 78 valence electrons. The first-order chi connectivity index (χ1) is 6.38. The zero-order chi connectivity index (χ0) is 9.52. The molecule has 13 heavy (non-hydrogen) atoms. The van der Waals surface area contributed by atoms with Crippen LogP contribution < -0.4 is 5.32 Å². The minimum Gasteiger partial charge on any atom is -0.385 e. The summed E-state index contributed by atoms with van der Waals surface area (Å²) in [4.78, 5) is 0. The number of nitrogens with one attached hydrogen (secondary N) is 1. The van der Waals surface area contributed by atoms with Gasteiger partial charge in [-0.1, -0.05) is 12.8 Å². The number of methoxy groups -OCH3 is 1. The molecule has 0 spiro atoms. The van der Waals surface area contributed by atoms with Gasteiger partial charge in [-0.25, -0.2) is 0 Å². The predicted octanol–water partition coefficient (Wildman–Crippen LogP) is 2.19. The summed E-state index contributed by atoms with van der Waals surface area (Å²) < 4.78 is 5.08. The molecule has 1 aliphatic carbocycles. The van der Waals surface area contributed by atoms with Crippen LogP contribution in [0.1, 0.15) is 38.5 Å². The van der Waals surface area contributed by atoms with Crippen LogP contribution >= 0.6 is 0 Å². The van der Waals surface area contributed by atoms with Crippen LogP contribution in [0.25, 0.3) is 0 Å². The number of rotatable bonds is 5. The molecule has 0 aromatic heterocycles. The lowest BCUT2D eigenvalue weighted by Gasteiger charge is -2.31. The predicted molar refractivity (Wildman–Crippen MR) is 55.9 cm³/mol. The van der Waals surface area contributed by atoms with E-state index in [2.05, 4.69) is 12.4 Å². The van der Waals surface area contributed by atoms with E-state index in [0.717, 1.165) is 18.6 Å². The summed E-state index contributed by atoms with van der Waals surface area (Å²) in [7, 11) is 3.88. The van der Waals surface area contributed by atoms with Gasteiger partial charge in [0.05, 0.1) is 0 Å². The zero-order valence-corrected chi connectivity index (χ0v) is 9.01. The van der Waals surface area contributed by atoms with Crippen LogP contribution in [0.2, 0.25) is 0 Å². The summed E-state index contributed by atoms with van der Waals surface area (Å²) >= 11 is 0. The largest absolute Gasteiger partial charge is 0.385 e. The SMILES string of the molecule is CNC1CCCCC1CCCOC. The second-order valence-electron chi connectivity index (χ2n) is 4.07. The van der Waals surface area contributed by atoms with E-state index in [-0.39, 0.29) is 0 Å². The standard InChI is InChI=1S/C11H23NO/c1-12-11-8-4-3-6-10(11)7-5-9-13-2/h10-12H,3-9H2,1-2H3. The molecule has 0 aromatic rings. The molecule has 1 N–H and O–H groups in total. The van der Waals surface area contributed by atoms with E-state index in [1.54, 1.807) is 7.11 Å². The lowest BCUT2D eigenvalue weighted by Crippen LogP contribution is -2.36. The minimum atomic E-state index is 0.769. The first-order valence-corrected chi connectivity index (χ1v) is 5.54. The summed E-state index contributed by atoms with van der Waals surface area (Å²) in [6.45, 7) is 0.924. The van der Waals surface area contributed by atoms with E-state index in [0.29, 0.717) is 0 Å². The molecule has 2 heteroatoms. The molecule has 0 radical (unpaired) electrons. The molecule has 1 rings (SSSR count). The number of ether oxygens (including phenoxy) is 1. The highest BCUT2D eigenvalue weighted by Gasteiger charge is 2.22. The fraction of sp³-hybridized carbons (Fsp3) is 1.00. The van der Waals surface area contributed by atoms with Crippen molar-refractivity contribution in [1.29, 1.82) is 0 Å². The Kier molecular flexibility index (Phi) is 5.40. The first kappa shape index (κ1) is 11.0. The van der Waals surface area contributed by atoms with Gasteiger partial charge >= 0.3 is 0 Å². The van der Waals surface area contributed by atoms with Crippen LogP contribution in [0.4, 0.5) is 0 Å². The maximum atomic E-state index is 5.08. The van der Waals surface area contributed by atoms with Crippen molar-refractivity contribution in [2.75, 3.05) is 20.8 Å². The summed E-state index contributed by atoms with van der Waals surface area (Å²) in [6, 6.07) is 0.769. The Morgan fingerprint density at radius 1 is 1.31 bits per heavy atom. The Morgan fingerprint density at radius 2 is 2.08 bits per heavy atom. The lowest BCUT2D eigenvalue weighted by molar-refractivity contribution is 0.173. The summed E-state index contributed by atoms with van der Waals surface area (Å²) in [5, 5.41) is 3.44. The third-order valence-electron chi connectivity index (χ3n) is 3.20. The Labute approximate surface area is 82.0 Å². The highest BCUT2D eigenvalue weighted by atomic mass is 16.5. The van der Waals surface area contributed by atoms with Crippen molar-refractivity contribution in [2.45, 2.75) is 44.6 Å². The molecule has 1 aliphatic rings. The molecule has 0 aromatic carbocycles. The fourth-order valence-electron chi connectivity index (χ4n) is 2.42. The van der Waals surface area contributed by atoms with E-state index in [1.165, 1.54) is 38.5 Å². The van der Waals surface area contributed by atoms with E-state index in [1.807, 2.05) is 0 Å². The molecule has 0 heterocycles. The second kappa shape index (κ2) is 6.39. The van der Waals surface area contributed by atoms with E-state index in [9.17, 15) is 0 Å². The van der Waals surface area contributed by atoms with Gasteiger partial charge in [0, 0.05) is 19.8 Å². The summed E-state index contributed by atoms with van der Waals surface area (Å²) in [5.41, 5.74) is 0. The van der Waals surface area contributed by atoms with Crippen LogP contribution in [0.5, 0.6) is 0 Å². The molecule has 0 amide bonds. The quantitative estimate of drug-likeness (QED) is 0.663. The van der Waals surface area contributed by atoms with Gasteiger partial charge in [0.2, 0.25) is 0 Å². The van der Waals surface area contributed by atoms with E-state index < -0.39 is 0 Å². The van der Waals surface area contributed by atoms with Crippen LogP contribution in [0.15, 0.2) is 0 Å². The highest BCUT2D eigenvalue weighted by Crippen LogP contribution is 2.27. The highest BCUT2D eigenvalue weighted by molar-refractivity contribution is 4.79. The van der Waals surface area contributed by atoms with Gasteiger partial charge in [-0.05, 0) is 38.6 Å². The van der Waals surface area contributed by atoms with Crippen molar-refractivity contribution in [3.05, 3.63) is 0 Å². The molecule has 2 atom stereocenters. The third kappa shape index (κ3) is 3.65. The van der Waals surface area contributed by atoms with Gasteiger partial charge in [-0.3, -0.25) is 0 Å². The molecular weight excluding hydrogens is 162 g/mol. The summed E-state index contributed by atoms with van der Waals surface area (Å²) in [5.74, 6) is 0.897. The average molecular weight is 185 g/mol. The molecule has 0 aliphatic heterocycles. The molecule has 0 saturated heterocycles. The van der Waals surface area contributed by atoms with Crippen molar-refractivity contribution in [1.82, 2.24) is 5.32 Å². The van der Waals surface area contributed by atoms with Crippen LogP contribution in [0, 0.1) is 5.92 Å². The topological polar surface area (TPSA) is 21.3 Å². The number of hydrogen-bond acceptors (Lipinski definition) is 2. The van der Waals surface area contributed by atoms with Crippen LogP contribution in [-0.4, -0.2) is 26.8 Å². The van der Waals surface area contributed by atoms with Crippen molar-refractivity contribution in [3.63, 3.8) is 0 Å². The zero-order valence-electron chi connectivity index (χ0n) is 9.01. The van der Waals surface area contributed by atoms with Gasteiger partial charge in [0.25, 0.3) is 0 Å². The Hall–Kier alpha value is -0.0800. The molecule has 1 saturated carbocycles. The fourth-order valence-corrected chi connectivity index (χ4v) is 2.42. The van der Waals surface area contributed by atoms with Gasteiger partial charge in [0.1, 0.15) is 0 Å². The third-order valence-corrected chi connectivity index (χ3v) is 3.20. The Bertz CT molecular complexity index is 127. The van der Waals surface area contributed by atoms with E-state index in [4.69, 9.17) is 4.74 Å². The van der Waals surface area contributed by atoms with Crippen molar-refractivity contribution < 1.29 is 4.74 Å². The minimum absolute atomic E-state index is 0.769. The molecular formula is C11H23NO. The van der Waals surface area contributed by atoms with Crippen molar-refractivity contribution >= 4 is 0 Å². The van der Waals surface area contributed by atoms with E-state index >= 15 is 0 Å². The molecule has 1 fully saturated rings. The maximum absolute atomic E-state index is 5.08.